The molecule has 0 radical (unpaired) electrons. The second-order valence-corrected chi connectivity index (χ2v) is 2.81. The van der Waals surface area contributed by atoms with E-state index in [9.17, 15) is 4.79 Å². The van der Waals surface area contributed by atoms with E-state index < -0.39 is 0 Å². The van der Waals surface area contributed by atoms with Gasteiger partial charge in [-0.05, 0) is 26.2 Å². The van der Waals surface area contributed by atoms with Gasteiger partial charge in [0.25, 0.3) is 0 Å². The quantitative estimate of drug-likeness (QED) is 0.498. The summed E-state index contributed by atoms with van der Waals surface area (Å²) >= 11 is 0. The highest BCUT2D eigenvalue weighted by molar-refractivity contribution is 5.82. The Kier molecular flexibility index (Phi) is 3.64. The smallest absolute Gasteiger partial charge is 0.332 e. The van der Waals surface area contributed by atoms with E-state index in [4.69, 9.17) is 4.74 Å². The molecule has 1 fully saturated rings. The number of hydrogen-bond donors (Lipinski definition) is 1. The van der Waals surface area contributed by atoms with Crippen molar-refractivity contribution < 1.29 is 9.53 Å². The number of rotatable bonds is 2. The molecule has 1 aliphatic heterocycles. The first-order valence-electron chi connectivity index (χ1n) is 4.44. The third kappa shape index (κ3) is 2.95. The second-order valence-electron chi connectivity index (χ2n) is 2.81. The van der Waals surface area contributed by atoms with E-state index in [0.717, 1.165) is 25.1 Å². The molecular weight excluding hydrogens is 154 g/mol. The average Bonchev–Trinajstić information content (AvgIpc) is 2.06. The summed E-state index contributed by atoms with van der Waals surface area (Å²) in [6, 6.07) is 0. The van der Waals surface area contributed by atoms with E-state index >= 15 is 0 Å². The fourth-order valence-corrected chi connectivity index (χ4v) is 1.23. The van der Waals surface area contributed by atoms with E-state index in [1.165, 1.54) is 6.42 Å². The second kappa shape index (κ2) is 4.80. The molecule has 0 bridgehead atoms. The summed E-state index contributed by atoms with van der Waals surface area (Å²) in [6.07, 6.45) is 4.89. The maximum Gasteiger partial charge on any atom is 0.332 e. The highest BCUT2D eigenvalue weighted by Crippen LogP contribution is 2.09. The van der Waals surface area contributed by atoms with Crippen molar-refractivity contribution >= 4 is 5.97 Å². The Labute approximate surface area is 72.8 Å². The normalized spacial score (nSPS) is 20.2. The number of esters is 1. The molecule has 1 heterocycles. The Balaban J connectivity index is 2.37. The lowest BCUT2D eigenvalue weighted by Crippen LogP contribution is -2.21. The van der Waals surface area contributed by atoms with Gasteiger partial charge in [0.15, 0.2) is 0 Å². The zero-order chi connectivity index (χ0) is 8.81. The van der Waals surface area contributed by atoms with Gasteiger partial charge in [0.2, 0.25) is 0 Å². The lowest BCUT2D eigenvalue weighted by molar-refractivity contribution is -0.137. The fraction of sp³-hybridized carbons (Fsp3) is 0.667. The highest BCUT2D eigenvalue weighted by atomic mass is 16.5. The van der Waals surface area contributed by atoms with Crippen molar-refractivity contribution in [1.29, 1.82) is 0 Å². The van der Waals surface area contributed by atoms with E-state index in [1.807, 2.05) is 6.92 Å². The standard InChI is InChI=1S/C9H15NO2/c1-2-12-9(11)7-8-5-3-4-6-10-8/h7,10H,2-6H2,1H3. The van der Waals surface area contributed by atoms with E-state index in [2.05, 4.69) is 5.32 Å². The Morgan fingerprint density at radius 2 is 2.50 bits per heavy atom. The van der Waals surface area contributed by atoms with Gasteiger partial charge >= 0.3 is 5.97 Å². The van der Waals surface area contributed by atoms with Crippen LogP contribution in [-0.2, 0) is 9.53 Å². The minimum absolute atomic E-state index is 0.234. The van der Waals surface area contributed by atoms with Gasteiger partial charge in [0, 0.05) is 18.3 Å². The van der Waals surface area contributed by atoms with Crippen molar-refractivity contribution in [3.8, 4) is 0 Å². The van der Waals surface area contributed by atoms with Crippen LogP contribution in [0.4, 0.5) is 0 Å². The van der Waals surface area contributed by atoms with Gasteiger partial charge in [-0.2, -0.15) is 0 Å². The summed E-state index contributed by atoms with van der Waals surface area (Å²) in [7, 11) is 0. The van der Waals surface area contributed by atoms with Gasteiger partial charge in [-0.3, -0.25) is 0 Å². The van der Waals surface area contributed by atoms with Crippen molar-refractivity contribution in [2.24, 2.45) is 0 Å². The largest absolute Gasteiger partial charge is 0.463 e. The van der Waals surface area contributed by atoms with Crippen LogP contribution in [0.1, 0.15) is 26.2 Å². The topological polar surface area (TPSA) is 38.3 Å². The maximum absolute atomic E-state index is 11.0. The van der Waals surface area contributed by atoms with Crippen LogP contribution in [0.2, 0.25) is 0 Å². The highest BCUT2D eigenvalue weighted by Gasteiger charge is 2.06. The van der Waals surface area contributed by atoms with Crippen LogP contribution >= 0.6 is 0 Å². The molecule has 3 nitrogen and oxygen atoms in total. The van der Waals surface area contributed by atoms with Gasteiger partial charge in [-0.15, -0.1) is 0 Å². The first-order chi connectivity index (χ1) is 5.83. The molecule has 1 aliphatic rings. The average molecular weight is 169 g/mol. The van der Waals surface area contributed by atoms with Crippen LogP contribution in [0.15, 0.2) is 11.8 Å². The van der Waals surface area contributed by atoms with E-state index in [0.29, 0.717) is 6.61 Å². The first-order valence-corrected chi connectivity index (χ1v) is 4.44. The molecule has 0 spiro atoms. The lowest BCUT2D eigenvalue weighted by atomic mass is 10.1. The van der Waals surface area contributed by atoms with Crippen LogP contribution in [0.3, 0.4) is 0 Å². The monoisotopic (exact) mass is 169 g/mol. The zero-order valence-corrected chi connectivity index (χ0v) is 7.43. The van der Waals surface area contributed by atoms with Crippen LogP contribution < -0.4 is 5.32 Å². The minimum Gasteiger partial charge on any atom is -0.463 e. The molecule has 0 atom stereocenters. The molecule has 0 aromatic heterocycles. The third-order valence-corrected chi connectivity index (χ3v) is 1.80. The Bertz CT molecular complexity index is 179. The van der Waals surface area contributed by atoms with E-state index in [1.54, 1.807) is 6.08 Å². The maximum atomic E-state index is 11.0. The SMILES string of the molecule is CCOC(=O)C=C1CCCCN1. The number of carbonyl (C=O) groups is 1. The summed E-state index contributed by atoms with van der Waals surface area (Å²) < 4.78 is 4.79. The fourth-order valence-electron chi connectivity index (χ4n) is 1.23. The molecule has 68 valence electrons. The number of ether oxygens (including phenoxy) is 1. The molecule has 0 aromatic rings. The predicted molar refractivity (Wildman–Crippen MR) is 46.6 cm³/mol. The number of carbonyl (C=O) groups excluding carboxylic acids is 1. The molecule has 1 N–H and O–H groups in total. The van der Waals surface area contributed by atoms with Crippen molar-refractivity contribution in [3.05, 3.63) is 11.8 Å². The summed E-state index contributed by atoms with van der Waals surface area (Å²) in [5, 5.41) is 3.17. The molecule has 0 unspecified atom stereocenters. The van der Waals surface area contributed by atoms with Gasteiger partial charge in [0.1, 0.15) is 0 Å². The zero-order valence-electron chi connectivity index (χ0n) is 7.43. The number of nitrogens with one attached hydrogen (secondary N) is 1. The minimum atomic E-state index is -0.234. The van der Waals surface area contributed by atoms with Crippen molar-refractivity contribution in [1.82, 2.24) is 5.32 Å². The van der Waals surface area contributed by atoms with Gasteiger partial charge < -0.3 is 10.1 Å². The molecule has 0 amide bonds. The number of allylic oxidation sites excluding steroid dienone is 1. The summed E-state index contributed by atoms with van der Waals surface area (Å²) in [5.74, 6) is -0.234. The van der Waals surface area contributed by atoms with Crippen molar-refractivity contribution in [3.63, 3.8) is 0 Å². The van der Waals surface area contributed by atoms with E-state index in [-0.39, 0.29) is 5.97 Å². The van der Waals surface area contributed by atoms with Crippen LogP contribution in [0, 0.1) is 0 Å². The molecule has 1 rings (SSSR count). The van der Waals surface area contributed by atoms with Gasteiger partial charge in [-0.25, -0.2) is 4.79 Å². The lowest BCUT2D eigenvalue weighted by Gasteiger charge is -2.15. The predicted octanol–water partition coefficient (Wildman–Crippen LogP) is 1.21. The molecular formula is C9H15NO2. The Morgan fingerprint density at radius 1 is 1.67 bits per heavy atom. The first kappa shape index (κ1) is 9.10. The Hall–Kier alpha value is -0.990. The molecule has 0 aliphatic carbocycles. The molecule has 1 saturated heterocycles. The van der Waals surface area contributed by atoms with Crippen molar-refractivity contribution in [2.75, 3.05) is 13.2 Å². The van der Waals surface area contributed by atoms with Crippen LogP contribution in [-0.4, -0.2) is 19.1 Å². The molecule has 0 saturated carbocycles. The Morgan fingerprint density at radius 3 is 3.08 bits per heavy atom. The number of piperidine rings is 1. The summed E-state index contributed by atoms with van der Waals surface area (Å²) in [4.78, 5) is 11.0. The third-order valence-electron chi connectivity index (χ3n) is 1.80. The van der Waals surface area contributed by atoms with Crippen LogP contribution in [0.25, 0.3) is 0 Å². The van der Waals surface area contributed by atoms with Crippen molar-refractivity contribution in [2.45, 2.75) is 26.2 Å². The molecule has 3 heteroatoms. The molecule has 0 aromatic carbocycles. The molecule has 12 heavy (non-hydrogen) atoms. The van der Waals surface area contributed by atoms with Gasteiger partial charge in [0.05, 0.1) is 6.61 Å². The van der Waals surface area contributed by atoms with Crippen LogP contribution in [0.5, 0.6) is 0 Å². The summed E-state index contributed by atoms with van der Waals surface area (Å²) in [6.45, 7) is 3.23. The van der Waals surface area contributed by atoms with Gasteiger partial charge in [-0.1, -0.05) is 0 Å². The number of hydrogen-bond acceptors (Lipinski definition) is 3. The summed E-state index contributed by atoms with van der Waals surface area (Å²) in [5.41, 5.74) is 1.01.